The van der Waals surface area contributed by atoms with Crippen LogP contribution in [0.3, 0.4) is 0 Å². The molecule has 0 aliphatic heterocycles. The normalized spacial score (nSPS) is 11.8. The SMILES string of the molecule is Cc1cc(C)c2nc(C(C)(C)C)cc(C(=O)O)c2c1. The topological polar surface area (TPSA) is 50.2 Å². The molecule has 2 aromatic rings. The average Bonchev–Trinajstić information content (AvgIpc) is 2.25. The van der Waals surface area contributed by atoms with E-state index in [4.69, 9.17) is 0 Å². The van der Waals surface area contributed by atoms with E-state index in [-0.39, 0.29) is 5.41 Å². The number of aromatic nitrogens is 1. The van der Waals surface area contributed by atoms with Crippen molar-refractivity contribution >= 4 is 16.9 Å². The molecule has 0 aliphatic carbocycles. The summed E-state index contributed by atoms with van der Waals surface area (Å²) in [5.41, 5.74) is 3.83. The Morgan fingerprint density at radius 3 is 2.32 bits per heavy atom. The van der Waals surface area contributed by atoms with Crippen molar-refractivity contribution in [1.29, 1.82) is 0 Å². The van der Waals surface area contributed by atoms with Gasteiger partial charge in [0.25, 0.3) is 0 Å². The van der Waals surface area contributed by atoms with E-state index in [1.54, 1.807) is 6.07 Å². The van der Waals surface area contributed by atoms with Gasteiger partial charge in [-0.2, -0.15) is 0 Å². The molecule has 0 unspecified atom stereocenters. The van der Waals surface area contributed by atoms with Gasteiger partial charge in [-0.25, -0.2) is 4.79 Å². The molecule has 0 amide bonds. The van der Waals surface area contributed by atoms with Crippen LogP contribution < -0.4 is 0 Å². The second-order valence-corrected chi connectivity index (χ2v) is 6.09. The Balaban J connectivity index is 2.92. The zero-order valence-corrected chi connectivity index (χ0v) is 12.0. The molecule has 0 atom stereocenters. The van der Waals surface area contributed by atoms with E-state index in [0.29, 0.717) is 5.56 Å². The quantitative estimate of drug-likeness (QED) is 0.844. The standard InChI is InChI=1S/C16H19NO2/c1-9-6-10(2)14-11(7-9)12(15(18)19)8-13(17-14)16(3,4)5/h6-8H,1-5H3,(H,18,19). The van der Waals surface area contributed by atoms with Gasteiger partial charge >= 0.3 is 5.97 Å². The molecule has 0 saturated carbocycles. The number of aryl methyl sites for hydroxylation is 2. The number of aromatic carboxylic acids is 1. The first-order valence-corrected chi connectivity index (χ1v) is 6.36. The van der Waals surface area contributed by atoms with Gasteiger partial charge in [-0.3, -0.25) is 4.98 Å². The van der Waals surface area contributed by atoms with Gasteiger partial charge in [0, 0.05) is 16.5 Å². The van der Waals surface area contributed by atoms with Crippen molar-refractivity contribution in [3.05, 3.63) is 40.6 Å². The fraction of sp³-hybridized carbons (Fsp3) is 0.375. The molecule has 1 heterocycles. The second kappa shape index (κ2) is 4.34. The molecule has 1 aromatic carbocycles. The van der Waals surface area contributed by atoms with Gasteiger partial charge in [0.15, 0.2) is 0 Å². The van der Waals surface area contributed by atoms with E-state index in [0.717, 1.165) is 27.7 Å². The monoisotopic (exact) mass is 257 g/mol. The van der Waals surface area contributed by atoms with Gasteiger partial charge in [-0.05, 0) is 31.5 Å². The van der Waals surface area contributed by atoms with E-state index in [2.05, 4.69) is 4.98 Å². The molecule has 0 radical (unpaired) electrons. The molecule has 3 nitrogen and oxygen atoms in total. The summed E-state index contributed by atoms with van der Waals surface area (Å²) in [6, 6.07) is 5.63. The van der Waals surface area contributed by atoms with E-state index < -0.39 is 5.97 Å². The highest BCUT2D eigenvalue weighted by Crippen LogP contribution is 2.28. The largest absolute Gasteiger partial charge is 0.478 e. The lowest BCUT2D eigenvalue weighted by atomic mass is 9.89. The molecule has 0 aliphatic rings. The highest BCUT2D eigenvalue weighted by atomic mass is 16.4. The number of carboxylic acid groups (broad SMARTS) is 1. The maximum Gasteiger partial charge on any atom is 0.336 e. The zero-order chi connectivity index (χ0) is 14.4. The number of carbonyl (C=O) groups is 1. The lowest BCUT2D eigenvalue weighted by Crippen LogP contribution is -2.15. The average molecular weight is 257 g/mol. The van der Waals surface area contributed by atoms with Gasteiger partial charge in [0.1, 0.15) is 0 Å². The van der Waals surface area contributed by atoms with Crippen LogP contribution in [0.25, 0.3) is 10.9 Å². The second-order valence-electron chi connectivity index (χ2n) is 6.09. The summed E-state index contributed by atoms with van der Waals surface area (Å²) in [7, 11) is 0. The van der Waals surface area contributed by atoms with Gasteiger partial charge in [-0.15, -0.1) is 0 Å². The van der Waals surface area contributed by atoms with Crippen molar-refractivity contribution in [1.82, 2.24) is 4.98 Å². The van der Waals surface area contributed by atoms with Crippen molar-refractivity contribution in [2.24, 2.45) is 0 Å². The number of carboxylic acids is 1. The first kappa shape index (κ1) is 13.5. The Bertz CT molecular complexity index is 666. The van der Waals surface area contributed by atoms with Gasteiger partial charge < -0.3 is 5.11 Å². The zero-order valence-electron chi connectivity index (χ0n) is 12.0. The van der Waals surface area contributed by atoms with E-state index in [1.807, 2.05) is 46.8 Å². The van der Waals surface area contributed by atoms with Crippen LogP contribution in [0, 0.1) is 13.8 Å². The van der Waals surface area contributed by atoms with Crippen LogP contribution in [0.2, 0.25) is 0 Å². The van der Waals surface area contributed by atoms with Crippen LogP contribution in [0.4, 0.5) is 0 Å². The highest BCUT2D eigenvalue weighted by Gasteiger charge is 2.21. The number of hydrogen-bond donors (Lipinski definition) is 1. The van der Waals surface area contributed by atoms with Crippen LogP contribution in [0.15, 0.2) is 18.2 Å². The molecule has 1 N–H and O–H groups in total. The molecule has 0 bridgehead atoms. The maximum atomic E-state index is 11.5. The van der Waals surface area contributed by atoms with Crippen molar-refractivity contribution in [3.8, 4) is 0 Å². The summed E-state index contributed by atoms with van der Waals surface area (Å²) in [6.45, 7) is 10.1. The Morgan fingerprint density at radius 2 is 1.79 bits per heavy atom. The molecule has 100 valence electrons. The molecule has 19 heavy (non-hydrogen) atoms. The smallest absolute Gasteiger partial charge is 0.336 e. The minimum absolute atomic E-state index is 0.171. The Labute approximate surface area is 113 Å². The minimum atomic E-state index is -0.900. The Kier molecular flexibility index (Phi) is 3.09. The summed E-state index contributed by atoms with van der Waals surface area (Å²) in [5, 5.41) is 10.1. The first-order valence-electron chi connectivity index (χ1n) is 6.36. The number of pyridine rings is 1. The summed E-state index contributed by atoms with van der Waals surface area (Å²) < 4.78 is 0. The molecule has 0 fully saturated rings. The molecular weight excluding hydrogens is 238 g/mol. The number of nitrogens with zero attached hydrogens (tertiary/aromatic N) is 1. The molecule has 0 spiro atoms. The Morgan fingerprint density at radius 1 is 1.16 bits per heavy atom. The molecule has 0 saturated heterocycles. The van der Waals surface area contributed by atoms with E-state index >= 15 is 0 Å². The lowest BCUT2D eigenvalue weighted by Gasteiger charge is -2.20. The predicted octanol–water partition coefficient (Wildman–Crippen LogP) is 3.85. The third-order valence-corrected chi connectivity index (χ3v) is 3.25. The summed E-state index contributed by atoms with van der Waals surface area (Å²) in [6.07, 6.45) is 0. The molecule has 3 heteroatoms. The lowest BCUT2D eigenvalue weighted by molar-refractivity contribution is 0.0699. The first-order chi connectivity index (χ1) is 8.70. The molecular formula is C16H19NO2. The van der Waals surface area contributed by atoms with Gasteiger partial charge in [0.05, 0.1) is 11.1 Å². The number of benzene rings is 1. The summed E-state index contributed by atoms with van der Waals surface area (Å²) >= 11 is 0. The highest BCUT2D eigenvalue weighted by molar-refractivity contribution is 6.03. The van der Waals surface area contributed by atoms with Gasteiger partial charge in [-0.1, -0.05) is 32.4 Å². The van der Waals surface area contributed by atoms with Crippen LogP contribution in [0.1, 0.15) is 48.0 Å². The van der Waals surface area contributed by atoms with Crippen LogP contribution in [0.5, 0.6) is 0 Å². The van der Waals surface area contributed by atoms with Crippen molar-refractivity contribution in [3.63, 3.8) is 0 Å². The van der Waals surface area contributed by atoms with E-state index in [1.165, 1.54) is 0 Å². The molecule has 2 rings (SSSR count). The van der Waals surface area contributed by atoms with Crippen molar-refractivity contribution in [2.45, 2.75) is 40.0 Å². The van der Waals surface area contributed by atoms with Crippen LogP contribution in [-0.2, 0) is 5.41 Å². The fourth-order valence-electron chi connectivity index (χ4n) is 2.24. The number of rotatable bonds is 1. The minimum Gasteiger partial charge on any atom is -0.478 e. The predicted molar refractivity (Wildman–Crippen MR) is 76.9 cm³/mol. The van der Waals surface area contributed by atoms with E-state index in [9.17, 15) is 9.90 Å². The summed E-state index contributed by atoms with van der Waals surface area (Å²) in [4.78, 5) is 16.2. The third-order valence-electron chi connectivity index (χ3n) is 3.25. The van der Waals surface area contributed by atoms with Crippen LogP contribution in [-0.4, -0.2) is 16.1 Å². The summed E-state index contributed by atoms with van der Waals surface area (Å²) in [5.74, 6) is -0.900. The number of fused-ring (bicyclic) bond motifs is 1. The molecule has 1 aromatic heterocycles. The van der Waals surface area contributed by atoms with Crippen LogP contribution >= 0.6 is 0 Å². The third kappa shape index (κ3) is 2.46. The number of hydrogen-bond acceptors (Lipinski definition) is 2. The van der Waals surface area contributed by atoms with Gasteiger partial charge in [0.2, 0.25) is 0 Å². The maximum absolute atomic E-state index is 11.5. The Hall–Kier alpha value is -1.90. The van der Waals surface area contributed by atoms with Crippen molar-refractivity contribution < 1.29 is 9.90 Å². The van der Waals surface area contributed by atoms with Crippen molar-refractivity contribution in [2.75, 3.05) is 0 Å². The fourth-order valence-corrected chi connectivity index (χ4v) is 2.24.